The second-order valence-electron chi connectivity index (χ2n) is 20.4. The summed E-state index contributed by atoms with van der Waals surface area (Å²) in [5.74, 6) is 2.89. The lowest BCUT2D eigenvalue weighted by Crippen LogP contribution is -2.13. The van der Waals surface area contributed by atoms with Crippen LogP contribution in [-0.2, 0) is 6.18 Å². The van der Waals surface area contributed by atoms with Gasteiger partial charge in [-0.1, -0.05) is 194 Å². The van der Waals surface area contributed by atoms with Crippen molar-refractivity contribution in [1.29, 1.82) is 0 Å². The van der Waals surface area contributed by atoms with Gasteiger partial charge in [0.1, 0.15) is 0 Å². The minimum atomic E-state index is -4.84. The van der Waals surface area contributed by atoms with Gasteiger partial charge in [0.05, 0.1) is 50.4 Å². The van der Waals surface area contributed by atoms with Crippen LogP contribution in [0, 0.1) is 0 Å². The topological polar surface area (TPSA) is 100 Å². The van der Waals surface area contributed by atoms with Gasteiger partial charge < -0.3 is 9.13 Å². The van der Waals surface area contributed by atoms with Crippen molar-refractivity contribution in [3.63, 3.8) is 0 Å². The molecular formula is C72H44F3N9. The maximum atomic E-state index is 16.6. The van der Waals surface area contributed by atoms with Crippen molar-refractivity contribution in [2.24, 2.45) is 0 Å². The second kappa shape index (κ2) is 20.4. The Morgan fingerprint density at radius 1 is 0.250 bits per heavy atom. The highest BCUT2D eigenvalue weighted by molar-refractivity contribution is 6.12. The monoisotopic (exact) mass is 1090 g/mol. The summed E-state index contributed by atoms with van der Waals surface area (Å²) in [6, 6.07) is 84.3. The number of rotatable bonds is 10. The molecule has 5 aromatic heterocycles. The van der Waals surface area contributed by atoms with E-state index in [2.05, 4.69) is 0 Å². The van der Waals surface area contributed by atoms with Gasteiger partial charge in [-0.2, -0.15) is 13.2 Å². The Balaban J connectivity index is 0.959. The summed E-state index contributed by atoms with van der Waals surface area (Å²) in [7, 11) is 0. The van der Waals surface area contributed by atoms with Gasteiger partial charge in [0.25, 0.3) is 0 Å². The third-order valence-electron chi connectivity index (χ3n) is 15.3. The number of para-hydroxylation sites is 2. The van der Waals surface area contributed by atoms with Crippen LogP contribution < -0.4 is 0 Å². The van der Waals surface area contributed by atoms with E-state index in [0.29, 0.717) is 90.8 Å². The van der Waals surface area contributed by atoms with E-state index < -0.39 is 11.7 Å². The minimum Gasteiger partial charge on any atom is -0.309 e. The van der Waals surface area contributed by atoms with Crippen LogP contribution >= 0.6 is 0 Å². The van der Waals surface area contributed by atoms with Crippen molar-refractivity contribution in [3.8, 4) is 102 Å². The molecule has 0 saturated heterocycles. The molecule has 0 aliphatic carbocycles. The summed E-state index contributed by atoms with van der Waals surface area (Å²) >= 11 is 0. The molecule has 0 fully saturated rings. The predicted molar refractivity (Wildman–Crippen MR) is 328 cm³/mol. The molecule has 0 saturated carbocycles. The largest absolute Gasteiger partial charge is 0.418 e. The van der Waals surface area contributed by atoms with Crippen LogP contribution in [0.3, 0.4) is 0 Å². The van der Waals surface area contributed by atoms with Crippen molar-refractivity contribution in [1.82, 2.24) is 44.0 Å². The Bertz CT molecular complexity index is 4880. The molecule has 0 spiro atoms. The standard InChI is InChI=1S/C72H44F3N9/c73-72(74,75)57-44-64(83-60-35-18-16-31-52(60)54-41-50(37-39-62(54)83)70-79-66(46-23-8-2-9-24-46)77-67(80-70)47-25-10-3-11-26-47)56(59-34-20-33-58(76-59)45-21-6-1-7-22-45)43-65(57)84-61-36-19-17-32-53(61)55-42-51(38-40-63(55)84)71-81-68(48-27-12-4-13-28-48)78-69(82-71)49-29-14-5-15-30-49/h1-44H. The maximum Gasteiger partial charge on any atom is 0.418 e. The number of nitrogens with zero attached hydrogens (tertiary/aromatic N) is 9. The van der Waals surface area contributed by atoms with E-state index in [4.69, 9.17) is 34.9 Å². The Morgan fingerprint density at radius 2 is 0.595 bits per heavy atom. The molecule has 0 atom stereocenters. The molecule has 0 unspecified atom stereocenters. The molecule has 12 heteroatoms. The molecule has 398 valence electrons. The number of aromatic nitrogens is 9. The zero-order valence-corrected chi connectivity index (χ0v) is 44.6. The number of benzene rings is 10. The lowest BCUT2D eigenvalue weighted by molar-refractivity contribution is -0.137. The van der Waals surface area contributed by atoms with Gasteiger partial charge in [-0.25, -0.2) is 34.9 Å². The average molecular weight is 1090 g/mol. The molecule has 0 aliphatic heterocycles. The van der Waals surface area contributed by atoms with Gasteiger partial charge >= 0.3 is 6.18 Å². The fourth-order valence-electron chi connectivity index (χ4n) is 11.4. The van der Waals surface area contributed by atoms with Crippen LogP contribution in [0.15, 0.2) is 267 Å². The normalized spacial score (nSPS) is 11.8. The first-order valence-electron chi connectivity index (χ1n) is 27.4. The molecule has 10 aromatic carbocycles. The predicted octanol–water partition coefficient (Wildman–Crippen LogP) is 18.0. The summed E-state index contributed by atoms with van der Waals surface area (Å²) in [5.41, 5.74) is 9.10. The summed E-state index contributed by atoms with van der Waals surface area (Å²) < 4.78 is 53.5. The van der Waals surface area contributed by atoms with Crippen LogP contribution in [0.5, 0.6) is 0 Å². The minimum absolute atomic E-state index is 0.0636. The molecule has 0 bridgehead atoms. The lowest BCUT2D eigenvalue weighted by atomic mass is 10.0. The molecule has 5 heterocycles. The Kier molecular flexibility index (Phi) is 12.1. The van der Waals surface area contributed by atoms with Crippen LogP contribution in [0.1, 0.15) is 5.56 Å². The van der Waals surface area contributed by atoms with Crippen molar-refractivity contribution in [3.05, 3.63) is 272 Å². The molecule has 84 heavy (non-hydrogen) atoms. The smallest absolute Gasteiger partial charge is 0.309 e. The number of hydrogen-bond donors (Lipinski definition) is 0. The second-order valence-corrected chi connectivity index (χ2v) is 20.4. The zero-order chi connectivity index (χ0) is 56.3. The number of pyridine rings is 1. The van der Waals surface area contributed by atoms with E-state index >= 15 is 13.2 Å². The Labute approximate surface area is 479 Å². The first-order valence-corrected chi connectivity index (χ1v) is 27.4. The van der Waals surface area contributed by atoms with E-state index in [1.165, 1.54) is 6.07 Å². The highest BCUT2D eigenvalue weighted by Gasteiger charge is 2.37. The van der Waals surface area contributed by atoms with Crippen LogP contribution in [0.2, 0.25) is 0 Å². The van der Waals surface area contributed by atoms with Gasteiger partial charge in [0.2, 0.25) is 0 Å². The summed E-state index contributed by atoms with van der Waals surface area (Å²) in [6.07, 6.45) is -4.84. The van der Waals surface area contributed by atoms with Crippen molar-refractivity contribution >= 4 is 43.6 Å². The number of fused-ring (bicyclic) bond motifs is 6. The van der Waals surface area contributed by atoms with Crippen LogP contribution in [-0.4, -0.2) is 44.0 Å². The van der Waals surface area contributed by atoms with Crippen molar-refractivity contribution in [2.45, 2.75) is 6.18 Å². The number of alkyl halides is 3. The molecule has 0 amide bonds. The highest BCUT2D eigenvalue weighted by Crippen LogP contribution is 2.46. The van der Waals surface area contributed by atoms with E-state index in [1.54, 1.807) is 10.6 Å². The first kappa shape index (κ1) is 49.8. The molecular weight excluding hydrogens is 1050 g/mol. The Hall–Kier alpha value is -11.2. The third kappa shape index (κ3) is 8.89. The van der Waals surface area contributed by atoms with Crippen LogP contribution in [0.25, 0.3) is 146 Å². The van der Waals surface area contributed by atoms with E-state index in [1.807, 2.05) is 259 Å². The van der Waals surface area contributed by atoms with Gasteiger partial charge in [-0.15, -0.1) is 0 Å². The summed E-state index contributed by atoms with van der Waals surface area (Å²) in [4.78, 5) is 35.1. The fourth-order valence-corrected chi connectivity index (χ4v) is 11.4. The van der Waals surface area contributed by atoms with Gasteiger partial charge in [-0.05, 0) is 72.8 Å². The van der Waals surface area contributed by atoms with Gasteiger partial charge in [-0.3, -0.25) is 0 Å². The molecule has 15 aromatic rings. The number of hydrogen-bond acceptors (Lipinski definition) is 7. The lowest BCUT2D eigenvalue weighted by Gasteiger charge is -2.22. The molecule has 0 aliphatic rings. The maximum absolute atomic E-state index is 16.6. The fraction of sp³-hybridized carbons (Fsp3) is 0.0139. The molecule has 0 N–H and O–H groups in total. The molecule has 9 nitrogen and oxygen atoms in total. The summed E-state index contributed by atoms with van der Waals surface area (Å²) in [6.45, 7) is 0. The van der Waals surface area contributed by atoms with Gasteiger partial charge in [0.15, 0.2) is 34.9 Å². The van der Waals surface area contributed by atoms with E-state index in [0.717, 1.165) is 49.4 Å². The van der Waals surface area contributed by atoms with E-state index in [-0.39, 0.29) is 5.69 Å². The summed E-state index contributed by atoms with van der Waals surface area (Å²) in [5, 5.41) is 3.09. The molecule has 0 radical (unpaired) electrons. The first-order chi connectivity index (χ1) is 41.3. The van der Waals surface area contributed by atoms with Crippen LogP contribution in [0.4, 0.5) is 13.2 Å². The number of halogens is 3. The van der Waals surface area contributed by atoms with E-state index in [9.17, 15) is 0 Å². The van der Waals surface area contributed by atoms with Crippen molar-refractivity contribution < 1.29 is 13.2 Å². The van der Waals surface area contributed by atoms with Crippen molar-refractivity contribution in [2.75, 3.05) is 0 Å². The third-order valence-corrected chi connectivity index (χ3v) is 15.3. The zero-order valence-electron chi connectivity index (χ0n) is 44.6. The quantitative estimate of drug-likeness (QED) is 0.134. The Morgan fingerprint density at radius 3 is 1.01 bits per heavy atom. The highest BCUT2D eigenvalue weighted by atomic mass is 19.4. The SMILES string of the molecule is FC(F)(F)c1cc(-n2c3ccccc3c3cc(-c4nc(-c5ccccc5)nc(-c5ccccc5)n4)ccc32)c(-c2cccc(-c3ccccc3)n2)cc1-n1c2ccccc2c2cc(-c3nc(-c4ccccc4)nc(-c4ccccc4)n3)ccc21. The average Bonchev–Trinajstić information content (AvgIpc) is 1.74. The van der Waals surface area contributed by atoms with Gasteiger partial charge in [0, 0.05) is 66.1 Å². The molecule has 15 rings (SSSR count).